The molecule has 2 saturated heterocycles. The fraction of sp³-hybridized carbons (Fsp3) is 0.419. The Bertz CT molecular complexity index is 1550. The van der Waals surface area contributed by atoms with E-state index in [1.807, 2.05) is 25.1 Å². The van der Waals surface area contributed by atoms with Crippen LogP contribution < -0.4 is 9.64 Å². The highest BCUT2D eigenvalue weighted by atomic mass is 79.9. The van der Waals surface area contributed by atoms with Crippen molar-refractivity contribution in [2.45, 2.75) is 48.8 Å². The van der Waals surface area contributed by atoms with Gasteiger partial charge in [-0.3, -0.25) is 29.0 Å². The molecule has 2 aliphatic heterocycles. The number of ether oxygens (including phenoxy) is 1. The summed E-state index contributed by atoms with van der Waals surface area (Å²) in [6.45, 7) is 4.08. The second-order valence-corrected chi connectivity index (χ2v) is 12.9. The second kappa shape index (κ2) is 10.4. The van der Waals surface area contributed by atoms with Gasteiger partial charge in [0, 0.05) is 11.5 Å². The van der Waals surface area contributed by atoms with Crippen LogP contribution in [0.2, 0.25) is 0 Å². The molecular formula is C31H29BrCl2N2O6. The van der Waals surface area contributed by atoms with Crippen molar-refractivity contribution < 1.29 is 29.0 Å². The van der Waals surface area contributed by atoms with E-state index in [1.54, 1.807) is 37.3 Å². The van der Waals surface area contributed by atoms with Crippen LogP contribution in [0, 0.1) is 17.8 Å². The molecule has 2 heterocycles. The first-order valence-corrected chi connectivity index (χ1v) is 15.8. The highest BCUT2D eigenvalue weighted by Gasteiger charge is 2.76. The third-order valence-corrected chi connectivity index (χ3v) is 11.2. The molecule has 0 radical (unpaired) electrons. The molecule has 42 heavy (non-hydrogen) atoms. The average molecular weight is 676 g/mol. The molecule has 3 fully saturated rings. The summed E-state index contributed by atoms with van der Waals surface area (Å²) in [4.78, 5) is 53.8. The van der Waals surface area contributed by atoms with Crippen molar-refractivity contribution in [3.8, 4) is 11.5 Å². The number of allylic oxidation sites excluding steroid dienone is 2. The van der Waals surface area contributed by atoms with Gasteiger partial charge in [0.1, 0.15) is 0 Å². The summed E-state index contributed by atoms with van der Waals surface area (Å²) >= 11 is 17.7. The Hall–Kier alpha value is -2.88. The first-order chi connectivity index (χ1) is 20.0. The normalized spacial score (nSPS) is 32.1. The maximum absolute atomic E-state index is 14.1. The molecule has 220 valence electrons. The van der Waals surface area contributed by atoms with Gasteiger partial charge in [-0.15, -0.1) is 23.2 Å². The van der Waals surface area contributed by atoms with Crippen molar-refractivity contribution in [2.24, 2.45) is 17.8 Å². The Kier molecular flexibility index (Phi) is 7.22. The molecule has 0 aromatic heterocycles. The zero-order chi connectivity index (χ0) is 30.1. The number of carbonyl (C=O) groups is 4. The fourth-order valence-electron chi connectivity index (χ4n) is 7.28. The summed E-state index contributed by atoms with van der Waals surface area (Å²) in [7, 11) is 0. The number of likely N-dealkylation sites (tertiary alicyclic amines) is 1. The van der Waals surface area contributed by atoms with Gasteiger partial charge in [-0.1, -0.05) is 58.8 Å². The van der Waals surface area contributed by atoms with Gasteiger partial charge in [-0.25, -0.2) is 0 Å². The molecule has 8 nitrogen and oxygen atoms in total. The van der Waals surface area contributed by atoms with Crippen LogP contribution >= 0.6 is 39.1 Å². The minimum absolute atomic E-state index is 0.122. The molecule has 4 aliphatic rings. The van der Waals surface area contributed by atoms with Crippen molar-refractivity contribution >= 4 is 68.4 Å². The van der Waals surface area contributed by atoms with Crippen LogP contribution in [0.5, 0.6) is 11.5 Å². The maximum atomic E-state index is 14.1. The Morgan fingerprint density at radius 1 is 1.00 bits per heavy atom. The monoisotopic (exact) mass is 674 g/mol. The average Bonchev–Trinajstić information content (AvgIpc) is 3.32. The molecule has 6 rings (SSSR count). The third-order valence-electron chi connectivity index (χ3n) is 9.26. The highest BCUT2D eigenvalue weighted by Crippen LogP contribution is 2.66. The summed E-state index contributed by atoms with van der Waals surface area (Å²) in [5, 5.41) is 11.4. The first-order valence-electron chi connectivity index (χ1n) is 14.0. The van der Waals surface area contributed by atoms with Crippen molar-refractivity contribution in [2.75, 3.05) is 17.0 Å². The fourth-order valence-corrected chi connectivity index (χ4v) is 8.70. The summed E-state index contributed by atoms with van der Waals surface area (Å²) in [6, 6.07) is 12.2. The van der Waals surface area contributed by atoms with E-state index in [0.717, 1.165) is 16.9 Å². The molecule has 0 bridgehead atoms. The Labute approximate surface area is 261 Å². The van der Waals surface area contributed by atoms with Crippen LogP contribution in [0.4, 0.5) is 5.69 Å². The van der Waals surface area contributed by atoms with E-state index in [9.17, 15) is 24.3 Å². The van der Waals surface area contributed by atoms with Crippen molar-refractivity contribution in [3.05, 3.63) is 65.2 Å². The number of hydrogen-bond acceptors (Lipinski definition) is 6. The predicted octanol–water partition coefficient (Wildman–Crippen LogP) is 5.27. The third kappa shape index (κ3) is 3.78. The van der Waals surface area contributed by atoms with Crippen LogP contribution in [-0.4, -0.2) is 55.4 Å². The molecule has 2 aromatic rings. The van der Waals surface area contributed by atoms with E-state index in [0.29, 0.717) is 11.3 Å². The van der Waals surface area contributed by atoms with Crippen LogP contribution in [0.3, 0.4) is 0 Å². The van der Waals surface area contributed by atoms with E-state index in [-0.39, 0.29) is 53.8 Å². The highest BCUT2D eigenvalue weighted by molar-refractivity contribution is 9.09. The Morgan fingerprint density at radius 2 is 1.71 bits per heavy atom. The molecule has 11 heteroatoms. The molecule has 0 unspecified atom stereocenters. The van der Waals surface area contributed by atoms with Gasteiger partial charge in [0.2, 0.25) is 11.8 Å². The number of amides is 4. The van der Waals surface area contributed by atoms with Gasteiger partial charge in [0.25, 0.3) is 11.8 Å². The number of alkyl halides is 3. The van der Waals surface area contributed by atoms with Crippen molar-refractivity contribution in [3.63, 3.8) is 0 Å². The van der Waals surface area contributed by atoms with Crippen LogP contribution in [-0.2, 0) is 25.6 Å². The van der Waals surface area contributed by atoms with Crippen LogP contribution in [0.15, 0.2) is 54.1 Å². The minimum Gasteiger partial charge on any atom is -0.504 e. The maximum Gasteiger partial charge on any atom is 0.254 e. The molecule has 4 amide bonds. The molecule has 1 saturated carbocycles. The quantitative estimate of drug-likeness (QED) is 0.194. The van der Waals surface area contributed by atoms with Gasteiger partial charge in [0.05, 0.1) is 29.6 Å². The van der Waals surface area contributed by atoms with E-state index in [2.05, 4.69) is 15.9 Å². The van der Waals surface area contributed by atoms with Gasteiger partial charge in [-0.2, -0.15) is 0 Å². The number of aromatic hydroxyl groups is 1. The number of aryl methyl sites for hydroxylation is 1. The number of hydrogen-bond donors (Lipinski definition) is 1. The predicted molar refractivity (Wildman–Crippen MR) is 161 cm³/mol. The van der Waals surface area contributed by atoms with E-state index in [4.69, 9.17) is 27.9 Å². The lowest BCUT2D eigenvalue weighted by molar-refractivity contribution is -0.138. The van der Waals surface area contributed by atoms with E-state index < -0.39 is 45.2 Å². The number of halogens is 3. The molecule has 2 aliphatic carbocycles. The summed E-state index contributed by atoms with van der Waals surface area (Å²) in [5.41, 5.74) is 2.30. The number of carbonyl (C=O) groups excluding carboxylic acids is 4. The van der Waals surface area contributed by atoms with Crippen molar-refractivity contribution in [1.82, 2.24) is 4.90 Å². The van der Waals surface area contributed by atoms with Crippen LogP contribution in [0.25, 0.3) is 0 Å². The molecule has 6 atom stereocenters. The summed E-state index contributed by atoms with van der Waals surface area (Å²) < 4.78 is 5.62. The topological polar surface area (TPSA) is 104 Å². The number of phenolic OH excluding ortho intramolecular Hbond substituents is 1. The Morgan fingerprint density at radius 3 is 2.36 bits per heavy atom. The number of para-hydroxylation sites is 1. The molecule has 2 aromatic carbocycles. The van der Waals surface area contributed by atoms with Gasteiger partial charge in [0.15, 0.2) is 21.2 Å². The lowest BCUT2D eigenvalue weighted by Gasteiger charge is -2.50. The number of imide groups is 2. The number of rotatable bonds is 6. The van der Waals surface area contributed by atoms with Crippen molar-refractivity contribution in [1.29, 1.82) is 0 Å². The number of benzene rings is 2. The largest absolute Gasteiger partial charge is 0.504 e. The zero-order valence-corrected chi connectivity index (χ0v) is 26.1. The Balaban J connectivity index is 1.51. The zero-order valence-electron chi connectivity index (χ0n) is 23.0. The molecule has 0 spiro atoms. The molecule has 1 N–H and O–H groups in total. The number of anilines is 1. The van der Waals surface area contributed by atoms with Gasteiger partial charge >= 0.3 is 0 Å². The standard InChI is InChI=1S/C31H29BrCl2N2O6/c1-3-16-8-10-17(11-9-16)36-26(38)19-13-12-18-21(23(19)27(36)39)14-30(33)28(40)35(15-32)29(41)31(30,34)24(18)20-6-5-7-22(25(20)37)42-4-2/h5-12,19,21,23-24,37H,3-4,13-15H2,1-2H3/t19-,21+,23-,24+,30+,31-/m0/s1. The minimum atomic E-state index is -2.00. The van der Waals surface area contributed by atoms with E-state index >= 15 is 0 Å². The second-order valence-electron chi connectivity index (χ2n) is 11.1. The van der Waals surface area contributed by atoms with Gasteiger partial charge in [-0.05, 0) is 55.9 Å². The first kappa shape index (κ1) is 29.2. The smallest absolute Gasteiger partial charge is 0.254 e. The lowest BCUT2D eigenvalue weighted by atomic mass is 9.56. The summed E-state index contributed by atoms with van der Waals surface area (Å²) in [6.07, 6.45) is 2.77. The number of nitrogens with zero attached hydrogens (tertiary/aromatic N) is 2. The van der Waals surface area contributed by atoms with Crippen LogP contribution in [0.1, 0.15) is 43.7 Å². The van der Waals surface area contributed by atoms with E-state index in [1.165, 1.54) is 4.90 Å². The summed E-state index contributed by atoms with van der Waals surface area (Å²) in [5.74, 6) is -5.35. The number of phenols is 1. The SMILES string of the molecule is CCOc1cccc([C@H]2C3=CC[C@@H]4C(=O)N(c5ccc(CC)cc5)C(=O)[C@@H]4[C@@H]3C[C@@]3(Cl)C(=O)N(CBr)C(=O)[C@@]23Cl)c1O. The lowest BCUT2D eigenvalue weighted by Crippen LogP contribution is -2.60. The number of fused-ring (bicyclic) bond motifs is 4. The van der Waals surface area contributed by atoms with Gasteiger partial charge < -0.3 is 9.84 Å². The molecular weight excluding hydrogens is 647 g/mol.